The fraction of sp³-hybridized carbons (Fsp3) is 0.196. The molecule has 3 unspecified atom stereocenters. The summed E-state index contributed by atoms with van der Waals surface area (Å²) in [5.74, 6) is 0.871. The number of hydrogen-bond acceptors (Lipinski definition) is 2. The number of benzene rings is 5. The van der Waals surface area contributed by atoms with Gasteiger partial charge in [0.1, 0.15) is 0 Å². The number of pyridine rings is 1. The molecular weight excluding hydrogens is 641 g/mol. The van der Waals surface area contributed by atoms with Gasteiger partial charge in [-0.15, -0.1) is 6.58 Å². The first-order chi connectivity index (χ1) is 25.7. The largest absolute Gasteiger partial charge is 0.306 e. The summed E-state index contributed by atoms with van der Waals surface area (Å²) in [4.78, 5) is 4.28. The second kappa shape index (κ2) is 14.8. The number of nitrogens with zero attached hydrogens (tertiary/aromatic N) is 1. The maximum absolute atomic E-state index is 4.28. The standard InChI is InChI=1S/C50H44N2.CH4/c1-2-35-21-24-50(52-34-35)33-43-14-7-9-18-47(43)48-32-40(19-20-49(48)50)39-15-10-16-42(30-39)46-17-8-6-13-41(46)27-36-28-44(37-11-4-3-5-12-37)31-45(29-36)38-22-25-51-26-23-38;/h2-20,22-23,25-26,29-32,35,44,52H,1,21,24,27-28,33-34H2;1H4. The normalized spacial score (nSPS) is 20.3. The average molecular weight is 689 g/mol. The summed E-state index contributed by atoms with van der Waals surface area (Å²) in [6, 6.07) is 49.5. The molecule has 262 valence electrons. The Hall–Kier alpha value is -5.57. The molecule has 2 aliphatic carbocycles. The van der Waals surface area contributed by atoms with Crippen molar-refractivity contribution in [1.82, 2.24) is 10.3 Å². The van der Waals surface area contributed by atoms with Crippen molar-refractivity contribution in [2.45, 2.75) is 51.0 Å². The molecule has 0 bridgehead atoms. The van der Waals surface area contributed by atoms with Crippen LogP contribution in [0.25, 0.3) is 39.0 Å². The van der Waals surface area contributed by atoms with E-state index in [0.29, 0.717) is 11.8 Å². The lowest BCUT2D eigenvalue weighted by Crippen LogP contribution is -2.51. The lowest BCUT2D eigenvalue weighted by molar-refractivity contribution is 0.224. The SMILES string of the molecule is C.C=CC1CCC2(Cc3ccccc3-c3cc(-c4cccc(-c5ccccc5CC5=CC(c6ccncc6)=CC(c6ccccc6)C5)c4)ccc32)NC1. The highest BCUT2D eigenvalue weighted by atomic mass is 15.0. The van der Waals surface area contributed by atoms with Crippen LogP contribution in [-0.2, 0) is 18.4 Å². The number of fused-ring (bicyclic) bond motifs is 4. The minimum atomic E-state index is -0.0255. The lowest BCUT2D eigenvalue weighted by Gasteiger charge is -2.45. The van der Waals surface area contributed by atoms with E-state index in [2.05, 4.69) is 169 Å². The number of rotatable bonds is 7. The molecule has 0 amide bonds. The van der Waals surface area contributed by atoms with Gasteiger partial charge >= 0.3 is 0 Å². The monoisotopic (exact) mass is 688 g/mol. The molecule has 1 N–H and O–H groups in total. The molecule has 5 aromatic carbocycles. The summed E-state index contributed by atoms with van der Waals surface area (Å²) in [6.07, 6.45) is 16.0. The van der Waals surface area contributed by atoms with Gasteiger partial charge in [-0.1, -0.05) is 140 Å². The number of piperidine rings is 1. The van der Waals surface area contributed by atoms with Gasteiger partial charge in [0.2, 0.25) is 0 Å². The second-order valence-corrected chi connectivity index (χ2v) is 14.9. The van der Waals surface area contributed by atoms with Crippen LogP contribution >= 0.6 is 0 Å². The van der Waals surface area contributed by atoms with E-state index in [1.165, 1.54) is 78.8 Å². The maximum atomic E-state index is 4.28. The van der Waals surface area contributed by atoms with Crippen molar-refractivity contribution in [2.75, 3.05) is 6.54 Å². The van der Waals surface area contributed by atoms with Crippen LogP contribution in [0.4, 0.5) is 0 Å². The number of hydrogen-bond donors (Lipinski definition) is 1. The molecule has 2 nitrogen and oxygen atoms in total. The molecule has 1 fully saturated rings. The van der Waals surface area contributed by atoms with E-state index in [4.69, 9.17) is 0 Å². The average Bonchev–Trinajstić information content (AvgIpc) is 3.22. The van der Waals surface area contributed by atoms with Gasteiger partial charge in [0.25, 0.3) is 0 Å². The Bertz CT molecular complexity index is 2300. The molecule has 0 saturated carbocycles. The molecule has 3 atom stereocenters. The highest BCUT2D eigenvalue weighted by molar-refractivity contribution is 5.82. The van der Waals surface area contributed by atoms with E-state index in [1.54, 1.807) is 0 Å². The maximum Gasteiger partial charge on any atom is 0.0482 e. The van der Waals surface area contributed by atoms with E-state index in [9.17, 15) is 0 Å². The van der Waals surface area contributed by atoms with Crippen molar-refractivity contribution in [3.63, 3.8) is 0 Å². The summed E-state index contributed by atoms with van der Waals surface area (Å²) in [6.45, 7) is 5.07. The molecule has 6 aromatic rings. The Morgan fingerprint density at radius 3 is 2.28 bits per heavy atom. The first-order valence-electron chi connectivity index (χ1n) is 18.8. The fourth-order valence-electron chi connectivity index (χ4n) is 8.97. The van der Waals surface area contributed by atoms with Gasteiger partial charge in [-0.05, 0) is 129 Å². The Labute approximate surface area is 315 Å². The molecule has 1 aromatic heterocycles. The van der Waals surface area contributed by atoms with Gasteiger partial charge in [0, 0.05) is 30.4 Å². The van der Waals surface area contributed by atoms with Crippen LogP contribution in [0.1, 0.15) is 60.4 Å². The Kier molecular flexibility index (Phi) is 9.65. The van der Waals surface area contributed by atoms with Crippen LogP contribution in [0, 0.1) is 5.92 Å². The van der Waals surface area contributed by atoms with Crippen molar-refractivity contribution < 1.29 is 0 Å². The summed E-state index contributed by atoms with van der Waals surface area (Å²) in [5.41, 5.74) is 17.3. The molecule has 0 radical (unpaired) electrons. The van der Waals surface area contributed by atoms with Crippen molar-refractivity contribution in [3.05, 3.63) is 204 Å². The van der Waals surface area contributed by atoms with Crippen molar-refractivity contribution >= 4 is 5.57 Å². The van der Waals surface area contributed by atoms with Crippen LogP contribution in [0.5, 0.6) is 0 Å². The number of nitrogens with one attached hydrogen (secondary N) is 1. The molecular formula is C51H48N2. The third kappa shape index (κ3) is 6.76. The van der Waals surface area contributed by atoms with Gasteiger partial charge in [-0.3, -0.25) is 4.98 Å². The zero-order valence-electron chi connectivity index (χ0n) is 29.6. The van der Waals surface area contributed by atoms with Crippen LogP contribution in [0.3, 0.4) is 0 Å². The smallest absolute Gasteiger partial charge is 0.0482 e. The van der Waals surface area contributed by atoms with Gasteiger partial charge in [-0.2, -0.15) is 0 Å². The summed E-state index contributed by atoms with van der Waals surface area (Å²) in [5, 5.41) is 4.00. The van der Waals surface area contributed by atoms with Crippen LogP contribution in [-0.4, -0.2) is 11.5 Å². The van der Waals surface area contributed by atoms with Crippen LogP contribution < -0.4 is 5.32 Å². The van der Waals surface area contributed by atoms with E-state index in [1.807, 2.05) is 12.4 Å². The van der Waals surface area contributed by atoms with E-state index in [-0.39, 0.29) is 13.0 Å². The Morgan fingerprint density at radius 1 is 0.717 bits per heavy atom. The van der Waals surface area contributed by atoms with Crippen LogP contribution in [0.2, 0.25) is 0 Å². The lowest BCUT2D eigenvalue weighted by atomic mass is 9.68. The van der Waals surface area contributed by atoms with Gasteiger partial charge < -0.3 is 5.32 Å². The molecule has 9 rings (SSSR count). The van der Waals surface area contributed by atoms with Gasteiger partial charge in [-0.25, -0.2) is 0 Å². The molecule has 2 heteroatoms. The summed E-state index contributed by atoms with van der Waals surface area (Å²) < 4.78 is 0. The zero-order chi connectivity index (χ0) is 34.9. The quantitative estimate of drug-likeness (QED) is 0.169. The minimum Gasteiger partial charge on any atom is -0.306 e. The Balaban J connectivity index is 0.00000400. The molecule has 1 aliphatic heterocycles. The summed E-state index contributed by atoms with van der Waals surface area (Å²) in [7, 11) is 0. The highest BCUT2D eigenvalue weighted by Crippen LogP contribution is 2.47. The highest BCUT2D eigenvalue weighted by Gasteiger charge is 2.41. The molecule has 3 aliphatic rings. The van der Waals surface area contributed by atoms with E-state index < -0.39 is 0 Å². The number of aromatic nitrogens is 1. The number of allylic oxidation sites excluding steroid dienone is 4. The van der Waals surface area contributed by atoms with Crippen molar-refractivity contribution in [1.29, 1.82) is 0 Å². The molecule has 2 heterocycles. The first-order valence-corrected chi connectivity index (χ1v) is 18.8. The third-order valence-corrected chi connectivity index (χ3v) is 11.7. The molecule has 1 saturated heterocycles. The van der Waals surface area contributed by atoms with E-state index >= 15 is 0 Å². The van der Waals surface area contributed by atoms with Crippen LogP contribution in [0.15, 0.2) is 176 Å². The van der Waals surface area contributed by atoms with Crippen molar-refractivity contribution in [3.8, 4) is 33.4 Å². The topological polar surface area (TPSA) is 24.9 Å². The van der Waals surface area contributed by atoms with Gasteiger partial charge in [0.15, 0.2) is 0 Å². The van der Waals surface area contributed by atoms with Gasteiger partial charge in [0.05, 0.1) is 0 Å². The fourth-order valence-corrected chi connectivity index (χ4v) is 8.97. The third-order valence-electron chi connectivity index (χ3n) is 11.7. The minimum absolute atomic E-state index is 0. The first kappa shape index (κ1) is 34.5. The second-order valence-electron chi connectivity index (χ2n) is 14.9. The molecule has 53 heavy (non-hydrogen) atoms. The molecule has 1 spiro atoms. The zero-order valence-corrected chi connectivity index (χ0v) is 29.6. The predicted octanol–water partition coefficient (Wildman–Crippen LogP) is 12.4. The van der Waals surface area contributed by atoms with E-state index in [0.717, 1.165) is 32.2 Å². The Morgan fingerprint density at radius 2 is 1.47 bits per heavy atom. The summed E-state index contributed by atoms with van der Waals surface area (Å²) >= 11 is 0. The predicted molar refractivity (Wildman–Crippen MR) is 224 cm³/mol. The van der Waals surface area contributed by atoms with Crippen molar-refractivity contribution in [2.24, 2.45) is 5.92 Å².